The Morgan fingerprint density at radius 3 is 1.67 bits per heavy atom. The number of benzene rings is 4. The van der Waals surface area contributed by atoms with E-state index in [0.717, 1.165) is 58.6 Å². The average molecular weight is 817 g/mol. The van der Waals surface area contributed by atoms with E-state index in [1.54, 1.807) is 6.08 Å². The van der Waals surface area contributed by atoms with Gasteiger partial charge < -0.3 is 24.8 Å². The molecule has 9 heteroatoms. The summed E-state index contributed by atoms with van der Waals surface area (Å²) < 4.78 is 85.7. The van der Waals surface area contributed by atoms with Crippen molar-refractivity contribution in [1.29, 1.82) is 0 Å². The van der Waals surface area contributed by atoms with Gasteiger partial charge in [0.15, 0.2) is 0 Å². The zero-order valence-corrected chi connectivity index (χ0v) is 32.5. The molecule has 0 saturated heterocycles. The minimum Gasteiger partial charge on any atom is -1.00 e. The summed E-state index contributed by atoms with van der Waals surface area (Å²) in [6, 6.07) is 20.8. The van der Waals surface area contributed by atoms with Gasteiger partial charge in [0.1, 0.15) is 0 Å². The molecule has 1 atom stereocenters. The number of rotatable bonds is 6. The summed E-state index contributed by atoms with van der Waals surface area (Å²) >= 11 is -3.52. The zero-order chi connectivity index (χ0) is 35.5. The van der Waals surface area contributed by atoms with Crippen molar-refractivity contribution in [1.82, 2.24) is 0 Å². The summed E-state index contributed by atoms with van der Waals surface area (Å²) in [5, 5.41) is 0. The van der Waals surface area contributed by atoms with Crippen molar-refractivity contribution >= 4 is 18.6 Å². The van der Waals surface area contributed by atoms with Crippen molar-refractivity contribution < 1.29 is 72.4 Å². The minimum atomic E-state index is -4.53. The van der Waals surface area contributed by atoms with Crippen LogP contribution in [0.15, 0.2) is 113 Å². The molecule has 4 aromatic rings. The molecule has 4 aromatic carbocycles. The molecule has 2 aliphatic rings. The van der Waals surface area contributed by atoms with Crippen LogP contribution in [-0.2, 0) is 40.0 Å². The van der Waals surface area contributed by atoms with Crippen LogP contribution in [0.2, 0.25) is 0 Å². The monoisotopic (exact) mass is 814 g/mol. The third kappa shape index (κ3) is 8.06. The molecule has 0 aliphatic heterocycles. The van der Waals surface area contributed by atoms with Gasteiger partial charge in [-0.3, -0.25) is 0 Å². The van der Waals surface area contributed by atoms with Crippen molar-refractivity contribution in [2.45, 2.75) is 46.5 Å². The summed E-state index contributed by atoms with van der Waals surface area (Å²) in [5.74, 6) is 0.0294. The van der Waals surface area contributed by atoms with E-state index in [-0.39, 0.29) is 36.1 Å². The fourth-order valence-electron chi connectivity index (χ4n) is 6.80. The summed E-state index contributed by atoms with van der Waals surface area (Å²) in [4.78, 5) is 0. The largest absolute Gasteiger partial charge is 1.00 e. The van der Waals surface area contributed by atoms with E-state index in [2.05, 4.69) is 77.3 Å². The number of hydrogen-bond acceptors (Lipinski definition) is 0. The van der Waals surface area contributed by atoms with Crippen LogP contribution in [0.1, 0.15) is 72.2 Å². The summed E-state index contributed by atoms with van der Waals surface area (Å²) in [6.07, 6.45) is -0.248. The first-order valence-corrected chi connectivity index (χ1v) is 19.8. The van der Waals surface area contributed by atoms with Gasteiger partial charge in [-0.25, -0.2) is 0 Å². The topological polar surface area (TPSA) is 0 Å². The second kappa shape index (κ2) is 15.0. The van der Waals surface area contributed by atoms with Crippen LogP contribution in [0.4, 0.5) is 26.3 Å². The molecule has 0 nitrogen and oxygen atoms in total. The first-order chi connectivity index (χ1) is 23.0. The van der Waals surface area contributed by atoms with Crippen LogP contribution in [-0.4, -0.2) is 3.21 Å². The van der Waals surface area contributed by atoms with Crippen LogP contribution in [0.5, 0.6) is 0 Å². The molecule has 0 radical (unpaired) electrons. The summed E-state index contributed by atoms with van der Waals surface area (Å²) in [6.45, 7) is 16.6. The molecule has 51 heavy (non-hydrogen) atoms. The van der Waals surface area contributed by atoms with E-state index in [4.69, 9.17) is 0 Å². The average Bonchev–Trinajstić information content (AvgIpc) is 3.62. The Hall–Kier alpha value is -3.25. The Kier molecular flexibility index (Phi) is 11.9. The Morgan fingerprint density at radius 2 is 1.22 bits per heavy atom. The quantitative estimate of drug-likeness (QED) is 0.196. The van der Waals surface area contributed by atoms with Crippen molar-refractivity contribution in [3.63, 3.8) is 0 Å². The molecular weight excluding hydrogens is 781 g/mol. The molecule has 0 bridgehead atoms. The number of allylic oxidation sites excluding steroid dienone is 4. The molecule has 2 aliphatic carbocycles. The molecule has 0 saturated carbocycles. The van der Waals surface area contributed by atoms with Gasteiger partial charge in [0.05, 0.1) is 0 Å². The fraction of sp³-hybridized carbons (Fsp3) is 0.214. The molecule has 0 heterocycles. The molecule has 0 aromatic heterocycles. The summed E-state index contributed by atoms with van der Waals surface area (Å²) in [5.41, 5.74) is 7.04. The first-order valence-electron chi connectivity index (χ1n) is 16.1. The van der Waals surface area contributed by atoms with Crippen LogP contribution >= 0.6 is 0 Å². The van der Waals surface area contributed by atoms with Gasteiger partial charge in [-0.05, 0) is 0 Å². The summed E-state index contributed by atoms with van der Waals surface area (Å²) in [7, 11) is 0. The molecule has 6 rings (SSSR count). The van der Waals surface area contributed by atoms with E-state index in [1.165, 1.54) is 38.7 Å². The molecule has 0 amide bonds. The van der Waals surface area contributed by atoms with E-state index in [1.807, 2.05) is 12.1 Å². The van der Waals surface area contributed by atoms with E-state index < -0.39 is 44.7 Å². The second-order valence-corrected chi connectivity index (χ2v) is 19.6. The Labute approximate surface area is 315 Å². The third-order valence-corrected chi connectivity index (χ3v) is 17.4. The minimum absolute atomic E-state index is 0. The molecule has 0 N–H and O–H groups in total. The SMILES string of the molecule is C=Cc1ccc2c(c1)-c1cc(C=C)c[c]([Zr+2]([C]3=CC(C(C)(C)C)=CC3C)=[C](c3ccc(C(F)(F)F)cc3)c3ccc(C(F)(F)F)cc3)c1C2.[Cl-].[Cl-]. The first kappa shape index (κ1) is 40.5. The van der Waals surface area contributed by atoms with Crippen molar-refractivity contribution in [2.75, 3.05) is 0 Å². The standard InChI is InChI=1S/C17H13.C15H8F6.C10H15.2ClH.Zr/c1-3-12-5-7-14-11-15-8-6-13(4-2)10-17(15)16(14)9-12;16-14(17,18)12-5-1-10(2-6-12)9-11-3-7-13(8-4-11)15(19,20)21;1-8-5-6-9(7-8)10(2,3)4;;;/h3-7,9-10H,1-2,11H2;1-8H;6-8H,1-4H3;2*1H;/q;;;;;+2/p-2. The molecule has 1 unspecified atom stereocenters. The van der Waals surface area contributed by atoms with Crippen LogP contribution in [0.3, 0.4) is 0 Å². The predicted molar refractivity (Wildman–Crippen MR) is 185 cm³/mol. The third-order valence-electron chi connectivity index (χ3n) is 9.44. The van der Waals surface area contributed by atoms with E-state index in [9.17, 15) is 26.3 Å². The van der Waals surface area contributed by atoms with Crippen LogP contribution in [0, 0.1) is 11.3 Å². The van der Waals surface area contributed by atoms with Gasteiger partial charge in [-0.15, -0.1) is 0 Å². The molecule has 0 spiro atoms. The van der Waals surface area contributed by atoms with Gasteiger partial charge >= 0.3 is 293 Å². The van der Waals surface area contributed by atoms with Gasteiger partial charge in [0, 0.05) is 0 Å². The maximum Gasteiger partial charge on any atom is -1.00 e. The molecule has 0 fully saturated rings. The fourth-order valence-corrected chi connectivity index (χ4v) is 15.3. The van der Waals surface area contributed by atoms with E-state index >= 15 is 0 Å². The van der Waals surface area contributed by atoms with Crippen LogP contribution < -0.4 is 28.1 Å². The van der Waals surface area contributed by atoms with Gasteiger partial charge in [-0.2, -0.15) is 0 Å². The Bertz CT molecular complexity index is 2020. The van der Waals surface area contributed by atoms with Gasteiger partial charge in [0.2, 0.25) is 0 Å². The van der Waals surface area contributed by atoms with Crippen molar-refractivity contribution in [3.05, 3.63) is 158 Å². The van der Waals surface area contributed by atoms with Crippen LogP contribution in [0.25, 0.3) is 23.3 Å². The normalized spacial score (nSPS) is 14.9. The number of fused-ring (bicyclic) bond motifs is 3. The maximum absolute atomic E-state index is 13.8. The van der Waals surface area contributed by atoms with Gasteiger partial charge in [0.25, 0.3) is 0 Å². The van der Waals surface area contributed by atoms with Crippen molar-refractivity contribution in [3.8, 4) is 11.1 Å². The predicted octanol–water partition coefficient (Wildman–Crippen LogP) is 5.61. The van der Waals surface area contributed by atoms with Crippen molar-refractivity contribution in [2.24, 2.45) is 11.3 Å². The maximum atomic E-state index is 13.8. The smallest absolute Gasteiger partial charge is 1.00 e. The van der Waals surface area contributed by atoms with Gasteiger partial charge in [-0.1, -0.05) is 0 Å². The Balaban J connectivity index is 0.00000292. The second-order valence-electron chi connectivity index (χ2n) is 13.8. The zero-order valence-electron chi connectivity index (χ0n) is 28.5. The number of halogens is 8. The number of hydrogen-bond donors (Lipinski definition) is 0. The number of alkyl halides is 6. The molecule has 264 valence electrons. The van der Waals surface area contributed by atoms with E-state index in [0.29, 0.717) is 17.5 Å². The molecular formula is C42H36Cl2F6Zr. The Morgan fingerprint density at radius 1 is 0.706 bits per heavy atom.